The van der Waals surface area contributed by atoms with Crippen LogP contribution in [0.2, 0.25) is 0 Å². The highest BCUT2D eigenvalue weighted by molar-refractivity contribution is 6.01. The molecule has 18 heavy (non-hydrogen) atoms. The molecule has 0 spiro atoms. The van der Waals surface area contributed by atoms with Gasteiger partial charge in [0.15, 0.2) is 0 Å². The Labute approximate surface area is 106 Å². The number of hydrogen-bond donors (Lipinski definition) is 1. The molecule has 94 valence electrons. The third-order valence-corrected chi connectivity index (χ3v) is 2.33. The topological polar surface area (TPSA) is 71.4 Å². The molecule has 5 heteroatoms. The van der Waals surface area contributed by atoms with Gasteiger partial charge in [-0.3, -0.25) is 4.79 Å². The Morgan fingerprint density at radius 2 is 2.11 bits per heavy atom. The van der Waals surface area contributed by atoms with Crippen LogP contribution in [0.25, 0.3) is 6.08 Å². The Bertz CT molecular complexity index is 515. The summed E-state index contributed by atoms with van der Waals surface area (Å²) in [6.45, 7) is 0. The van der Waals surface area contributed by atoms with E-state index in [2.05, 4.69) is 5.32 Å². The van der Waals surface area contributed by atoms with Crippen LogP contribution in [0, 0.1) is 11.3 Å². The number of carbonyl (C=O) groups is 1. The number of nitriles is 1. The first-order valence-electron chi connectivity index (χ1n) is 5.22. The van der Waals surface area contributed by atoms with Gasteiger partial charge in [-0.1, -0.05) is 0 Å². The molecule has 1 aromatic rings. The molecule has 0 heterocycles. The fourth-order valence-corrected chi connectivity index (χ4v) is 1.38. The lowest BCUT2D eigenvalue weighted by Crippen LogP contribution is -2.19. The van der Waals surface area contributed by atoms with Gasteiger partial charge in [-0.2, -0.15) is 5.26 Å². The number of likely N-dealkylation sites (N-methyl/N-ethyl adjacent to an activating group) is 1. The molecule has 0 radical (unpaired) electrons. The summed E-state index contributed by atoms with van der Waals surface area (Å²) in [6.07, 6.45) is 1.47. The lowest BCUT2D eigenvalue weighted by atomic mass is 10.1. The predicted molar refractivity (Wildman–Crippen MR) is 67.2 cm³/mol. The Balaban J connectivity index is 3.21. The van der Waals surface area contributed by atoms with Gasteiger partial charge in [-0.15, -0.1) is 0 Å². The van der Waals surface area contributed by atoms with Crippen LogP contribution >= 0.6 is 0 Å². The standard InChI is InChI=1S/C13H14N2O3/c1-15-13(16)10(8-14)6-9-4-5-11(17-2)7-12(9)18-3/h4-7H,1-3H3,(H,15,16)/b10-6-. The van der Waals surface area contributed by atoms with E-state index in [-0.39, 0.29) is 5.57 Å². The monoisotopic (exact) mass is 246 g/mol. The average molecular weight is 246 g/mol. The van der Waals surface area contributed by atoms with Crippen LogP contribution in [-0.4, -0.2) is 27.2 Å². The first-order chi connectivity index (χ1) is 8.65. The van der Waals surface area contributed by atoms with Crippen LogP contribution in [0.1, 0.15) is 5.56 Å². The van der Waals surface area contributed by atoms with E-state index in [4.69, 9.17) is 14.7 Å². The molecule has 0 aliphatic rings. The molecule has 1 rings (SSSR count). The van der Waals surface area contributed by atoms with E-state index in [9.17, 15) is 4.79 Å². The summed E-state index contributed by atoms with van der Waals surface area (Å²) in [5.41, 5.74) is 0.652. The minimum absolute atomic E-state index is 0.0148. The number of nitrogens with one attached hydrogen (secondary N) is 1. The van der Waals surface area contributed by atoms with Gasteiger partial charge in [0.1, 0.15) is 23.1 Å². The van der Waals surface area contributed by atoms with Crippen molar-refractivity contribution in [3.63, 3.8) is 0 Å². The molecular weight excluding hydrogens is 232 g/mol. The molecular formula is C13H14N2O3. The average Bonchev–Trinajstić information content (AvgIpc) is 2.43. The van der Waals surface area contributed by atoms with E-state index in [1.54, 1.807) is 25.3 Å². The van der Waals surface area contributed by atoms with Gasteiger partial charge in [0.25, 0.3) is 5.91 Å². The highest BCUT2D eigenvalue weighted by Gasteiger charge is 2.09. The Hall–Kier alpha value is -2.48. The quantitative estimate of drug-likeness (QED) is 0.643. The number of hydrogen-bond acceptors (Lipinski definition) is 4. The lowest BCUT2D eigenvalue weighted by Gasteiger charge is -2.07. The smallest absolute Gasteiger partial charge is 0.261 e. The van der Waals surface area contributed by atoms with Gasteiger partial charge in [-0.05, 0) is 18.2 Å². The van der Waals surface area contributed by atoms with Crippen LogP contribution < -0.4 is 14.8 Å². The van der Waals surface area contributed by atoms with Gasteiger partial charge in [0, 0.05) is 18.7 Å². The molecule has 0 aliphatic carbocycles. The maximum Gasteiger partial charge on any atom is 0.261 e. The summed E-state index contributed by atoms with van der Waals surface area (Å²) in [5, 5.41) is 11.3. The molecule has 0 bridgehead atoms. The third kappa shape index (κ3) is 3.01. The molecule has 5 nitrogen and oxygen atoms in total. The maximum absolute atomic E-state index is 11.4. The molecule has 0 saturated heterocycles. The lowest BCUT2D eigenvalue weighted by molar-refractivity contribution is -0.116. The minimum Gasteiger partial charge on any atom is -0.497 e. The van der Waals surface area contributed by atoms with Crippen molar-refractivity contribution in [1.82, 2.24) is 5.32 Å². The Kier molecular flexibility index (Phi) is 4.76. The van der Waals surface area contributed by atoms with Crippen LogP contribution in [0.15, 0.2) is 23.8 Å². The van der Waals surface area contributed by atoms with Crippen molar-refractivity contribution in [2.24, 2.45) is 0 Å². The number of rotatable bonds is 4. The molecule has 1 N–H and O–H groups in total. The van der Waals surface area contributed by atoms with Gasteiger partial charge in [0.2, 0.25) is 0 Å². The van der Waals surface area contributed by atoms with Crippen LogP contribution in [-0.2, 0) is 4.79 Å². The zero-order valence-corrected chi connectivity index (χ0v) is 10.5. The second-order valence-corrected chi connectivity index (χ2v) is 3.36. The maximum atomic E-state index is 11.4. The number of nitrogens with zero attached hydrogens (tertiary/aromatic N) is 1. The van der Waals surface area contributed by atoms with E-state index in [0.29, 0.717) is 17.1 Å². The van der Waals surface area contributed by atoms with E-state index in [1.165, 1.54) is 20.2 Å². The van der Waals surface area contributed by atoms with E-state index < -0.39 is 5.91 Å². The Morgan fingerprint density at radius 1 is 1.39 bits per heavy atom. The highest BCUT2D eigenvalue weighted by atomic mass is 16.5. The first-order valence-corrected chi connectivity index (χ1v) is 5.22. The SMILES string of the molecule is CNC(=O)/C(C#N)=C\c1ccc(OC)cc1OC. The van der Waals surface area contributed by atoms with Crippen molar-refractivity contribution in [2.45, 2.75) is 0 Å². The summed E-state index contributed by atoms with van der Waals surface area (Å²) < 4.78 is 10.2. The number of ether oxygens (including phenoxy) is 2. The van der Waals surface area contributed by atoms with E-state index >= 15 is 0 Å². The zero-order chi connectivity index (χ0) is 13.5. The van der Waals surface area contributed by atoms with Crippen molar-refractivity contribution in [1.29, 1.82) is 5.26 Å². The number of amides is 1. The van der Waals surface area contributed by atoms with Crippen molar-refractivity contribution in [3.05, 3.63) is 29.3 Å². The second-order valence-electron chi connectivity index (χ2n) is 3.36. The fraction of sp³-hybridized carbons (Fsp3) is 0.231. The molecule has 0 aromatic heterocycles. The van der Waals surface area contributed by atoms with Crippen molar-refractivity contribution < 1.29 is 14.3 Å². The number of benzene rings is 1. The Morgan fingerprint density at radius 3 is 2.61 bits per heavy atom. The van der Waals surface area contributed by atoms with Gasteiger partial charge >= 0.3 is 0 Å². The minimum atomic E-state index is -0.435. The summed E-state index contributed by atoms with van der Waals surface area (Å²) in [6, 6.07) is 6.98. The number of methoxy groups -OCH3 is 2. The second kappa shape index (κ2) is 6.30. The van der Waals surface area contributed by atoms with Crippen LogP contribution in [0.5, 0.6) is 11.5 Å². The zero-order valence-electron chi connectivity index (χ0n) is 10.5. The molecule has 0 aliphatic heterocycles. The molecule has 0 unspecified atom stereocenters. The van der Waals surface area contributed by atoms with Crippen molar-refractivity contribution in [3.8, 4) is 17.6 Å². The first kappa shape index (κ1) is 13.6. The summed E-state index contributed by atoms with van der Waals surface area (Å²) in [7, 11) is 4.53. The van der Waals surface area contributed by atoms with Crippen molar-refractivity contribution >= 4 is 12.0 Å². The summed E-state index contributed by atoms with van der Waals surface area (Å²) >= 11 is 0. The van der Waals surface area contributed by atoms with Gasteiger partial charge in [0.05, 0.1) is 14.2 Å². The largest absolute Gasteiger partial charge is 0.497 e. The van der Waals surface area contributed by atoms with Gasteiger partial charge < -0.3 is 14.8 Å². The molecule has 0 saturated carbocycles. The molecule has 0 atom stereocenters. The van der Waals surface area contributed by atoms with E-state index in [1.807, 2.05) is 6.07 Å². The molecule has 0 fully saturated rings. The number of carbonyl (C=O) groups excluding carboxylic acids is 1. The highest BCUT2D eigenvalue weighted by Crippen LogP contribution is 2.26. The molecule has 1 aromatic carbocycles. The van der Waals surface area contributed by atoms with E-state index in [0.717, 1.165) is 0 Å². The van der Waals surface area contributed by atoms with Gasteiger partial charge in [-0.25, -0.2) is 0 Å². The summed E-state index contributed by atoms with van der Waals surface area (Å²) in [5.74, 6) is 0.740. The molecule has 1 amide bonds. The third-order valence-electron chi connectivity index (χ3n) is 2.33. The predicted octanol–water partition coefficient (Wildman–Crippen LogP) is 1.36. The summed E-state index contributed by atoms with van der Waals surface area (Å²) in [4.78, 5) is 11.4. The van der Waals surface area contributed by atoms with Crippen LogP contribution in [0.3, 0.4) is 0 Å². The normalized spacial score (nSPS) is 10.4. The fourth-order valence-electron chi connectivity index (χ4n) is 1.38. The van der Waals surface area contributed by atoms with Crippen molar-refractivity contribution in [2.75, 3.05) is 21.3 Å². The van der Waals surface area contributed by atoms with Crippen LogP contribution in [0.4, 0.5) is 0 Å².